The van der Waals surface area contributed by atoms with E-state index in [2.05, 4.69) is 9.97 Å². The van der Waals surface area contributed by atoms with Gasteiger partial charge in [-0.25, -0.2) is 0 Å². The highest BCUT2D eigenvalue weighted by atomic mass is 16.3. The van der Waals surface area contributed by atoms with E-state index in [0.717, 1.165) is 0 Å². The van der Waals surface area contributed by atoms with Crippen LogP contribution in [0.4, 0.5) is 0 Å². The quantitative estimate of drug-likeness (QED) is 0.566. The maximum absolute atomic E-state index is 10.9. The Balaban J connectivity index is 3.31. The third-order valence-corrected chi connectivity index (χ3v) is 1.44. The van der Waals surface area contributed by atoms with Crippen LogP contribution in [0.25, 0.3) is 0 Å². The second-order valence-electron chi connectivity index (χ2n) is 2.78. The maximum atomic E-state index is 10.9. The number of aromatic hydroxyl groups is 2. The summed E-state index contributed by atoms with van der Waals surface area (Å²) in [7, 11) is 0. The van der Waals surface area contributed by atoms with Crippen molar-refractivity contribution >= 4 is 0 Å². The van der Waals surface area contributed by atoms with Crippen LogP contribution in [-0.4, -0.2) is 20.2 Å². The summed E-state index contributed by atoms with van der Waals surface area (Å²) in [5, 5.41) is 17.8. The van der Waals surface area contributed by atoms with E-state index in [-0.39, 0.29) is 5.92 Å². The van der Waals surface area contributed by atoms with Crippen molar-refractivity contribution in [1.82, 2.24) is 9.97 Å². The molecule has 0 saturated carbocycles. The first-order valence-electron chi connectivity index (χ1n) is 3.54. The molecule has 0 aliphatic rings. The molecule has 66 valence electrons. The van der Waals surface area contributed by atoms with E-state index >= 15 is 0 Å². The molecule has 0 spiro atoms. The van der Waals surface area contributed by atoms with Gasteiger partial charge in [-0.05, 0) is 0 Å². The third-order valence-electron chi connectivity index (χ3n) is 1.44. The third kappa shape index (κ3) is 1.39. The van der Waals surface area contributed by atoms with E-state index in [4.69, 9.17) is 10.2 Å². The SMILES string of the molecule is CC(C)c1nc(O)c(O)c(=O)[nH]1. The molecule has 0 aliphatic carbocycles. The van der Waals surface area contributed by atoms with Crippen molar-refractivity contribution in [3.63, 3.8) is 0 Å². The van der Waals surface area contributed by atoms with Crippen LogP contribution in [0.5, 0.6) is 11.6 Å². The van der Waals surface area contributed by atoms with E-state index in [9.17, 15) is 4.79 Å². The van der Waals surface area contributed by atoms with Gasteiger partial charge in [0.05, 0.1) is 0 Å². The monoisotopic (exact) mass is 170 g/mol. The van der Waals surface area contributed by atoms with Crippen LogP contribution in [0.1, 0.15) is 25.6 Å². The molecule has 0 fully saturated rings. The molecule has 0 aromatic carbocycles. The molecule has 0 bridgehead atoms. The minimum Gasteiger partial charge on any atom is -0.499 e. The first-order chi connectivity index (χ1) is 5.52. The summed E-state index contributed by atoms with van der Waals surface area (Å²) in [6.07, 6.45) is 0. The number of rotatable bonds is 1. The van der Waals surface area contributed by atoms with Crippen LogP contribution in [0.15, 0.2) is 4.79 Å². The standard InChI is InChI=1S/C7H10N2O3/c1-3(2)5-8-6(11)4(10)7(12)9-5/h3,10H,1-2H3,(H2,8,9,11,12). The molecule has 0 aliphatic heterocycles. The van der Waals surface area contributed by atoms with Gasteiger partial charge in [-0.3, -0.25) is 4.79 Å². The van der Waals surface area contributed by atoms with Gasteiger partial charge in [0.2, 0.25) is 5.75 Å². The van der Waals surface area contributed by atoms with Gasteiger partial charge >= 0.3 is 0 Å². The van der Waals surface area contributed by atoms with Crippen LogP contribution in [0.2, 0.25) is 0 Å². The minimum absolute atomic E-state index is 0.00389. The Labute approximate surface area is 68.7 Å². The van der Waals surface area contributed by atoms with Gasteiger partial charge in [0.15, 0.2) is 0 Å². The molecule has 1 heterocycles. The Morgan fingerprint density at radius 3 is 2.42 bits per heavy atom. The lowest BCUT2D eigenvalue weighted by Crippen LogP contribution is -2.11. The lowest BCUT2D eigenvalue weighted by atomic mass is 10.2. The van der Waals surface area contributed by atoms with Crippen LogP contribution in [0.3, 0.4) is 0 Å². The van der Waals surface area contributed by atoms with Crippen LogP contribution < -0.4 is 5.56 Å². The zero-order valence-electron chi connectivity index (χ0n) is 6.83. The number of aromatic amines is 1. The predicted molar refractivity (Wildman–Crippen MR) is 42.3 cm³/mol. The largest absolute Gasteiger partial charge is 0.499 e. The molecule has 0 radical (unpaired) electrons. The van der Waals surface area contributed by atoms with Crippen molar-refractivity contribution in [1.29, 1.82) is 0 Å². The predicted octanol–water partition coefficient (Wildman–Crippen LogP) is 0.305. The molecule has 1 aromatic heterocycles. The van der Waals surface area contributed by atoms with Gasteiger partial charge in [0.1, 0.15) is 5.82 Å². The van der Waals surface area contributed by atoms with Crippen molar-refractivity contribution in [2.75, 3.05) is 0 Å². The first kappa shape index (κ1) is 8.58. The summed E-state index contributed by atoms with van der Waals surface area (Å²) in [6, 6.07) is 0. The highest BCUT2D eigenvalue weighted by Gasteiger charge is 2.10. The molecule has 0 amide bonds. The minimum atomic E-state index is -0.737. The number of aromatic nitrogens is 2. The molecule has 0 saturated heterocycles. The maximum Gasteiger partial charge on any atom is 0.297 e. The van der Waals surface area contributed by atoms with Gasteiger partial charge in [-0.1, -0.05) is 13.8 Å². The second-order valence-corrected chi connectivity index (χ2v) is 2.78. The highest BCUT2D eigenvalue weighted by molar-refractivity contribution is 5.27. The van der Waals surface area contributed by atoms with E-state index < -0.39 is 17.2 Å². The summed E-state index contributed by atoms with van der Waals surface area (Å²) < 4.78 is 0. The normalized spacial score (nSPS) is 10.6. The molecular weight excluding hydrogens is 160 g/mol. The lowest BCUT2D eigenvalue weighted by molar-refractivity contribution is 0.378. The van der Waals surface area contributed by atoms with Gasteiger partial charge in [-0.15, -0.1) is 0 Å². The summed E-state index contributed by atoms with van der Waals surface area (Å²) in [5.74, 6) is -0.999. The number of hydrogen-bond donors (Lipinski definition) is 3. The summed E-state index contributed by atoms with van der Waals surface area (Å²) in [4.78, 5) is 16.8. The molecule has 0 unspecified atom stereocenters. The Bertz CT molecular complexity index is 343. The zero-order chi connectivity index (χ0) is 9.30. The molecule has 1 aromatic rings. The first-order valence-corrected chi connectivity index (χ1v) is 3.54. The van der Waals surface area contributed by atoms with Crippen molar-refractivity contribution < 1.29 is 10.2 Å². The molecule has 0 atom stereocenters. The van der Waals surface area contributed by atoms with Crippen LogP contribution in [0, 0.1) is 0 Å². The fraction of sp³-hybridized carbons (Fsp3) is 0.429. The van der Waals surface area contributed by atoms with Gasteiger partial charge in [-0.2, -0.15) is 4.98 Å². The topological polar surface area (TPSA) is 86.2 Å². The van der Waals surface area contributed by atoms with Gasteiger partial charge in [0.25, 0.3) is 11.4 Å². The van der Waals surface area contributed by atoms with E-state index in [1.54, 1.807) is 0 Å². The Hall–Kier alpha value is -1.52. The highest BCUT2D eigenvalue weighted by Crippen LogP contribution is 2.17. The number of nitrogens with one attached hydrogen (secondary N) is 1. The number of hydrogen-bond acceptors (Lipinski definition) is 4. The van der Waals surface area contributed by atoms with Crippen LogP contribution >= 0.6 is 0 Å². The fourth-order valence-corrected chi connectivity index (χ4v) is 0.745. The molecule has 5 heteroatoms. The molecule has 1 rings (SSSR count). The summed E-state index contributed by atoms with van der Waals surface area (Å²) in [5.41, 5.74) is -0.716. The average molecular weight is 170 g/mol. The number of nitrogens with zero attached hydrogens (tertiary/aromatic N) is 1. The molecule has 12 heavy (non-hydrogen) atoms. The zero-order valence-corrected chi connectivity index (χ0v) is 6.83. The van der Waals surface area contributed by atoms with Crippen LogP contribution in [-0.2, 0) is 0 Å². The molecule has 3 N–H and O–H groups in total. The molecule has 5 nitrogen and oxygen atoms in total. The summed E-state index contributed by atoms with van der Waals surface area (Å²) >= 11 is 0. The fourth-order valence-electron chi connectivity index (χ4n) is 0.745. The van der Waals surface area contributed by atoms with Gasteiger partial charge < -0.3 is 15.2 Å². The van der Waals surface area contributed by atoms with Crippen molar-refractivity contribution in [3.05, 3.63) is 16.2 Å². The number of H-pyrrole nitrogens is 1. The smallest absolute Gasteiger partial charge is 0.297 e. The average Bonchev–Trinajstić information content (AvgIpc) is 1.99. The van der Waals surface area contributed by atoms with Gasteiger partial charge in [0, 0.05) is 5.92 Å². The second kappa shape index (κ2) is 2.84. The molecular formula is C7H10N2O3. The Kier molecular flexibility index (Phi) is 2.03. The Morgan fingerprint density at radius 1 is 1.42 bits per heavy atom. The van der Waals surface area contributed by atoms with Crippen molar-refractivity contribution in [2.24, 2.45) is 0 Å². The van der Waals surface area contributed by atoms with E-state index in [0.29, 0.717) is 5.82 Å². The van der Waals surface area contributed by atoms with E-state index in [1.807, 2.05) is 13.8 Å². The van der Waals surface area contributed by atoms with Crippen molar-refractivity contribution in [2.45, 2.75) is 19.8 Å². The van der Waals surface area contributed by atoms with Crippen molar-refractivity contribution in [3.8, 4) is 11.6 Å². The van der Waals surface area contributed by atoms with E-state index in [1.165, 1.54) is 0 Å². The summed E-state index contributed by atoms with van der Waals surface area (Å²) in [6.45, 7) is 3.63. The lowest BCUT2D eigenvalue weighted by Gasteiger charge is -2.03. The Morgan fingerprint density at radius 2 is 2.00 bits per heavy atom.